The van der Waals surface area contributed by atoms with Crippen molar-refractivity contribution in [2.75, 3.05) is 59.4 Å². The van der Waals surface area contributed by atoms with Gasteiger partial charge < -0.3 is 14.8 Å². The molecule has 1 N–H and O–H groups in total. The minimum atomic E-state index is 0. The highest BCUT2D eigenvalue weighted by Gasteiger charge is 2.29. The second-order valence-electron chi connectivity index (χ2n) is 8.87. The highest BCUT2D eigenvalue weighted by atomic mass is 127. The maximum Gasteiger partial charge on any atom is 0.193 e. The third kappa shape index (κ3) is 6.68. The predicted octanol–water partition coefficient (Wildman–Crippen LogP) is 2.78. The van der Waals surface area contributed by atoms with Gasteiger partial charge >= 0.3 is 0 Å². The van der Waals surface area contributed by atoms with Crippen LogP contribution in [0.15, 0.2) is 54.0 Å². The van der Waals surface area contributed by atoms with Crippen molar-refractivity contribution in [2.24, 2.45) is 10.9 Å². The molecule has 0 aliphatic carbocycles. The van der Waals surface area contributed by atoms with Gasteiger partial charge in [-0.3, -0.25) is 14.8 Å². The Labute approximate surface area is 209 Å². The molecule has 1 aromatic heterocycles. The number of rotatable bonds is 6. The second-order valence-corrected chi connectivity index (χ2v) is 8.87. The smallest absolute Gasteiger partial charge is 0.193 e. The first-order valence-corrected chi connectivity index (χ1v) is 11.6. The van der Waals surface area contributed by atoms with Gasteiger partial charge in [-0.2, -0.15) is 0 Å². The quantitative estimate of drug-likeness (QED) is 0.340. The highest BCUT2D eigenvalue weighted by molar-refractivity contribution is 14.0. The van der Waals surface area contributed by atoms with Crippen LogP contribution < -0.4 is 5.32 Å². The molecule has 2 saturated heterocycles. The minimum Gasteiger partial charge on any atom is -0.355 e. The fourth-order valence-corrected chi connectivity index (χ4v) is 4.77. The lowest BCUT2D eigenvalue weighted by Crippen LogP contribution is -2.51. The third-order valence-corrected chi connectivity index (χ3v) is 6.76. The third-order valence-electron chi connectivity index (χ3n) is 6.76. The van der Waals surface area contributed by atoms with E-state index in [-0.39, 0.29) is 24.0 Å². The van der Waals surface area contributed by atoms with Gasteiger partial charge in [0.25, 0.3) is 0 Å². The van der Waals surface area contributed by atoms with Crippen molar-refractivity contribution in [3.8, 4) is 0 Å². The Kier molecular flexibility index (Phi) is 9.80. The fraction of sp³-hybridized carbons (Fsp3) is 0.583. The topological polar surface area (TPSA) is 51.9 Å². The molecule has 0 bridgehead atoms. The Bertz CT molecular complexity index is 803. The van der Waals surface area contributed by atoms with Crippen LogP contribution in [0.1, 0.15) is 24.9 Å². The minimum absolute atomic E-state index is 0. The lowest BCUT2D eigenvalue weighted by molar-refractivity contribution is 0.128. The average Bonchev–Trinajstić information content (AvgIpc) is 3.34. The van der Waals surface area contributed by atoms with Gasteiger partial charge in [-0.15, -0.1) is 24.0 Å². The van der Waals surface area contributed by atoms with Gasteiger partial charge in [0.15, 0.2) is 5.96 Å². The number of benzene rings is 1. The number of aliphatic imine (C=N–C) groups is 1. The molecule has 3 heterocycles. The Morgan fingerprint density at radius 3 is 2.53 bits per heavy atom. The summed E-state index contributed by atoms with van der Waals surface area (Å²) in [5.74, 6) is 1.68. The highest BCUT2D eigenvalue weighted by Crippen LogP contribution is 2.27. The second kappa shape index (κ2) is 12.6. The first kappa shape index (κ1) is 25.0. The Balaban J connectivity index is 0.00000289. The monoisotopic (exact) mass is 551 g/mol. The van der Waals surface area contributed by atoms with E-state index in [4.69, 9.17) is 0 Å². The zero-order valence-electron chi connectivity index (χ0n) is 19.4. The predicted molar refractivity (Wildman–Crippen MR) is 142 cm³/mol. The van der Waals surface area contributed by atoms with Gasteiger partial charge in [0.05, 0.1) is 12.4 Å². The van der Waals surface area contributed by atoms with Crippen LogP contribution in [0, 0.1) is 5.92 Å². The molecule has 2 unspecified atom stereocenters. The number of aromatic nitrogens is 2. The SMILES string of the molecule is CN=C(NCCN1CCN(Cc2ccccc2)CC1)N1CCC(C)C(n2ccnc2)C1.I. The standard InChI is InChI=1S/C24H37N7.HI/c1-21-8-11-30(19-23(21)31-13-9-26-20-31)24(25-2)27-10-12-28-14-16-29(17-15-28)18-22-6-4-3-5-7-22;/h3-7,9,13,20-21,23H,8,10-12,14-19H2,1-2H3,(H,25,27);1H. The van der Waals surface area contributed by atoms with E-state index < -0.39 is 0 Å². The van der Waals surface area contributed by atoms with Crippen molar-refractivity contribution < 1.29 is 0 Å². The number of nitrogens with one attached hydrogen (secondary N) is 1. The van der Waals surface area contributed by atoms with Gasteiger partial charge in [0.2, 0.25) is 0 Å². The van der Waals surface area contributed by atoms with Gasteiger partial charge in [-0.05, 0) is 17.9 Å². The van der Waals surface area contributed by atoms with E-state index in [0.717, 1.165) is 64.9 Å². The lowest BCUT2D eigenvalue weighted by Gasteiger charge is -2.39. The molecule has 2 aliphatic rings. The fourth-order valence-electron chi connectivity index (χ4n) is 4.77. The number of imidazole rings is 1. The van der Waals surface area contributed by atoms with Crippen LogP contribution in [0.3, 0.4) is 0 Å². The summed E-state index contributed by atoms with van der Waals surface area (Å²) in [7, 11) is 1.90. The van der Waals surface area contributed by atoms with E-state index in [1.807, 2.05) is 19.6 Å². The largest absolute Gasteiger partial charge is 0.355 e. The zero-order valence-corrected chi connectivity index (χ0v) is 21.8. The molecule has 0 saturated carbocycles. The van der Waals surface area contributed by atoms with Crippen molar-refractivity contribution in [1.29, 1.82) is 0 Å². The molecule has 0 spiro atoms. The van der Waals surface area contributed by atoms with Crippen LogP contribution in [0.4, 0.5) is 0 Å². The zero-order chi connectivity index (χ0) is 21.5. The van der Waals surface area contributed by atoms with Crippen molar-refractivity contribution in [3.63, 3.8) is 0 Å². The molecule has 2 fully saturated rings. The molecule has 7 nitrogen and oxygen atoms in total. The number of hydrogen-bond donors (Lipinski definition) is 1. The van der Waals surface area contributed by atoms with Crippen molar-refractivity contribution >= 4 is 29.9 Å². The summed E-state index contributed by atoms with van der Waals surface area (Å²) in [5.41, 5.74) is 1.41. The molecule has 2 aromatic rings. The lowest BCUT2D eigenvalue weighted by atomic mass is 9.93. The van der Waals surface area contributed by atoms with E-state index >= 15 is 0 Å². The van der Waals surface area contributed by atoms with Crippen molar-refractivity contribution in [2.45, 2.75) is 25.9 Å². The van der Waals surface area contributed by atoms with Crippen LogP contribution in [-0.4, -0.2) is 89.6 Å². The molecule has 176 valence electrons. The Morgan fingerprint density at radius 2 is 1.84 bits per heavy atom. The first-order valence-electron chi connectivity index (χ1n) is 11.6. The molecular formula is C24H38IN7. The van der Waals surface area contributed by atoms with Crippen LogP contribution >= 0.6 is 24.0 Å². The molecule has 32 heavy (non-hydrogen) atoms. The number of piperidine rings is 1. The van der Waals surface area contributed by atoms with Gasteiger partial charge in [0.1, 0.15) is 0 Å². The van der Waals surface area contributed by atoms with Crippen molar-refractivity contribution in [3.05, 3.63) is 54.6 Å². The summed E-state index contributed by atoms with van der Waals surface area (Å²) in [6.45, 7) is 12.0. The summed E-state index contributed by atoms with van der Waals surface area (Å²) in [4.78, 5) is 16.3. The van der Waals surface area contributed by atoms with E-state index in [9.17, 15) is 0 Å². The maximum atomic E-state index is 4.57. The van der Waals surface area contributed by atoms with Crippen LogP contribution in [0.2, 0.25) is 0 Å². The number of halogens is 1. The molecular weight excluding hydrogens is 513 g/mol. The maximum absolute atomic E-state index is 4.57. The first-order chi connectivity index (χ1) is 15.2. The van der Waals surface area contributed by atoms with Crippen LogP contribution in [0.5, 0.6) is 0 Å². The van der Waals surface area contributed by atoms with Gasteiger partial charge in [0, 0.05) is 78.3 Å². The normalized spacial score (nSPS) is 23.1. The molecule has 4 rings (SSSR count). The molecule has 1 aromatic carbocycles. The van der Waals surface area contributed by atoms with E-state index in [1.165, 1.54) is 12.0 Å². The summed E-state index contributed by atoms with van der Waals surface area (Å²) >= 11 is 0. The summed E-state index contributed by atoms with van der Waals surface area (Å²) < 4.78 is 2.25. The van der Waals surface area contributed by atoms with Gasteiger partial charge in [-0.1, -0.05) is 37.3 Å². The number of hydrogen-bond acceptors (Lipinski definition) is 4. The molecule has 0 amide bonds. The van der Waals surface area contributed by atoms with E-state index in [2.05, 4.69) is 78.0 Å². The molecule has 2 atom stereocenters. The molecule has 8 heteroatoms. The molecule has 2 aliphatic heterocycles. The number of nitrogens with zero attached hydrogens (tertiary/aromatic N) is 6. The number of likely N-dealkylation sites (tertiary alicyclic amines) is 1. The average molecular weight is 552 g/mol. The number of guanidine groups is 1. The number of piperazine rings is 1. The van der Waals surface area contributed by atoms with Crippen LogP contribution in [-0.2, 0) is 6.54 Å². The summed E-state index contributed by atoms with van der Waals surface area (Å²) in [6, 6.07) is 11.2. The Morgan fingerprint density at radius 1 is 1.09 bits per heavy atom. The van der Waals surface area contributed by atoms with E-state index in [0.29, 0.717) is 12.0 Å². The van der Waals surface area contributed by atoms with Gasteiger partial charge in [-0.25, -0.2) is 4.98 Å². The van der Waals surface area contributed by atoms with Crippen molar-refractivity contribution in [1.82, 2.24) is 29.6 Å². The summed E-state index contributed by atoms with van der Waals surface area (Å²) in [5, 5.41) is 3.61. The van der Waals surface area contributed by atoms with Crippen LogP contribution in [0.25, 0.3) is 0 Å². The van der Waals surface area contributed by atoms with E-state index in [1.54, 1.807) is 0 Å². The Hall–Kier alpha value is -1.65. The summed E-state index contributed by atoms with van der Waals surface area (Å²) in [6.07, 6.45) is 7.07. The molecule has 0 radical (unpaired) electrons.